The smallest absolute Gasteiger partial charge is 0.147 e. The molecule has 0 N–H and O–H groups in total. The van der Waals surface area contributed by atoms with E-state index in [4.69, 9.17) is 11.6 Å². The first kappa shape index (κ1) is 11.7. The highest BCUT2D eigenvalue weighted by molar-refractivity contribution is 9.09. The topological polar surface area (TPSA) is 17.1 Å². The molecule has 1 rings (SSSR count). The molecule has 0 saturated carbocycles. The van der Waals surface area contributed by atoms with Crippen LogP contribution in [0.5, 0.6) is 0 Å². The van der Waals surface area contributed by atoms with E-state index in [1.165, 1.54) is 0 Å². The summed E-state index contributed by atoms with van der Waals surface area (Å²) in [5.41, 5.74) is 3.26. The van der Waals surface area contributed by atoms with Crippen molar-refractivity contribution >= 4 is 33.3 Å². The number of Topliss-reactive ketones (excluding diaryl/α,β-unsaturated/α-hetero) is 1. The lowest BCUT2D eigenvalue weighted by molar-refractivity contribution is -0.115. The fourth-order valence-corrected chi connectivity index (χ4v) is 1.77. The molecule has 0 fully saturated rings. The van der Waals surface area contributed by atoms with E-state index in [9.17, 15) is 4.79 Å². The first-order chi connectivity index (χ1) is 6.67. The third kappa shape index (κ3) is 3.10. The van der Waals surface area contributed by atoms with E-state index >= 15 is 0 Å². The van der Waals surface area contributed by atoms with Gasteiger partial charge < -0.3 is 0 Å². The molecule has 0 spiro atoms. The zero-order valence-electron chi connectivity index (χ0n) is 8.02. The molecule has 0 unspecified atom stereocenters. The third-order valence-electron chi connectivity index (χ3n) is 2.04. The second kappa shape index (κ2) is 5.52. The van der Waals surface area contributed by atoms with E-state index in [1.807, 2.05) is 25.1 Å². The Labute approximate surface area is 97.6 Å². The summed E-state index contributed by atoms with van der Waals surface area (Å²) < 4.78 is 0. The van der Waals surface area contributed by atoms with Gasteiger partial charge in [0.05, 0.1) is 5.33 Å². The van der Waals surface area contributed by atoms with E-state index < -0.39 is 0 Å². The summed E-state index contributed by atoms with van der Waals surface area (Å²) >= 11 is 8.94. The van der Waals surface area contributed by atoms with Crippen molar-refractivity contribution in [3.8, 4) is 0 Å². The number of hydrogen-bond donors (Lipinski definition) is 0. The van der Waals surface area contributed by atoms with Crippen LogP contribution in [0, 0.1) is 6.92 Å². The van der Waals surface area contributed by atoms with Gasteiger partial charge in [-0.05, 0) is 18.1 Å². The molecule has 1 aromatic rings. The molecule has 0 aliphatic rings. The van der Waals surface area contributed by atoms with Gasteiger partial charge in [-0.1, -0.05) is 39.7 Å². The predicted octanol–water partition coefficient (Wildman–Crippen LogP) is 3.24. The van der Waals surface area contributed by atoms with Crippen LogP contribution in [0.2, 0.25) is 0 Å². The van der Waals surface area contributed by atoms with E-state index in [1.54, 1.807) is 0 Å². The summed E-state index contributed by atoms with van der Waals surface area (Å²) in [6, 6.07) is 6.03. The summed E-state index contributed by atoms with van der Waals surface area (Å²) in [7, 11) is 0. The lowest BCUT2D eigenvalue weighted by atomic mass is 10.0. The van der Waals surface area contributed by atoms with Crippen LogP contribution in [0.25, 0.3) is 0 Å². The van der Waals surface area contributed by atoms with Crippen LogP contribution in [0.3, 0.4) is 0 Å². The van der Waals surface area contributed by atoms with Gasteiger partial charge in [0.1, 0.15) is 5.78 Å². The number of benzene rings is 1. The van der Waals surface area contributed by atoms with E-state index in [0.717, 1.165) is 16.7 Å². The standard InChI is InChI=1S/C11H12BrClO/c1-8-2-3-9(7-13)10(4-8)5-11(14)6-12/h2-4H,5-7H2,1H3. The Hall–Kier alpha value is -0.340. The monoisotopic (exact) mass is 274 g/mol. The van der Waals surface area contributed by atoms with E-state index in [0.29, 0.717) is 17.6 Å². The fraction of sp³-hybridized carbons (Fsp3) is 0.364. The molecule has 0 amide bonds. The third-order valence-corrected chi connectivity index (χ3v) is 2.96. The molecule has 0 radical (unpaired) electrons. The maximum Gasteiger partial charge on any atom is 0.147 e. The Morgan fingerprint density at radius 3 is 2.71 bits per heavy atom. The molecule has 14 heavy (non-hydrogen) atoms. The number of halogens is 2. The Balaban J connectivity index is 2.93. The summed E-state index contributed by atoms with van der Waals surface area (Å²) in [4.78, 5) is 11.3. The minimum Gasteiger partial charge on any atom is -0.298 e. The molecule has 0 aliphatic carbocycles. The highest BCUT2D eigenvalue weighted by Gasteiger charge is 2.06. The van der Waals surface area contributed by atoms with Crippen LogP contribution in [0.4, 0.5) is 0 Å². The quantitative estimate of drug-likeness (QED) is 0.771. The highest BCUT2D eigenvalue weighted by Crippen LogP contribution is 2.15. The van der Waals surface area contributed by atoms with Crippen LogP contribution in [-0.2, 0) is 17.1 Å². The second-order valence-electron chi connectivity index (χ2n) is 3.25. The number of carbonyl (C=O) groups excluding carboxylic acids is 1. The van der Waals surface area contributed by atoms with Crippen molar-refractivity contribution < 1.29 is 4.79 Å². The molecule has 0 bridgehead atoms. The fourth-order valence-electron chi connectivity index (χ4n) is 1.31. The van der Waals surface area contributed by atoms with Gasteiger partial charge in [0, 0.05) is 12.3 Å². The Morgan fingerprint density at radius 1 is 1.43 bits per heavy atom. The Bertz CT molecular complexity index is 336. The van der Waals surface area contributed by atoms with Crippen molar-refractivity contribution in [3.63, 3.8) is 0 Å². The Kier molecular flexibility index (Phi) is 4.63. The minimum absolute atomic E-state index is 0.182. The maximum absolute atomic E-state index is 11.3. The van der Waals surface area contributed by atoms with Crippen LogP contribution < -0.4 is 0 Å². The lowest BCUT2D eigenvalue weighted by Gasteiger charge is -2.06. The van der Waals surface area contributed by atoms with Gasteiger partial charge in [0.2, 0.25) is 0 Å². The second-order valence-corrected chi connectivity index (χ2v) is 4.08. The van der Waals surface area contributed by atoms with Crippen molar-refractivity contribution in [1.29, 1.82) is 0 Å². The van der Waals surface area contributed by atoms with Crippen LogP contribution in [-0.4, -0.2) is 11.1 Å². The van der Waals surface area contributed by atoms with E-state index in [-0.39, 0.29) is 5.78 Å². The van der Waals surface area contributed by atoms with E-state index in [2.05, 4.69) is 15.9 Å². The largest absolute Gasteiger partial charge is 0.298 e. The summed E-state index contributed by atoms with van der Waals surface area (Å²) in [5.74, 6) is 0.646. The van der Waals surface area contributed by atoms with Crippen molar-refractivity contribution in [2.75, 3.05) is 5.33 Å². The van der Waals surface area contributed by atoms with Gasteiger partial charge in [-0.25, -0.2) is 0 Å². The van der Waals surface area contributed by atoms with Crippen molar-refractivity contribution in [2.24, 2.45) is 0 Å². The SMILES string of the molecule is Cc1ccc(CCl)c(CC(=O)CBr)c1. The molecule has 0 aliphatic heterocycles. The molecule has 1 nitrogen and oxygen atoms in total. The first-order valence-electron chi connectivity index (χ1n) is 4.39. The molecule has 0 heterocycles. The molecule has 0 aromatic heterocycles. The van der Waals surface area contributed by atoms with Gasteiger partial charge in [0.25, 0.3) is 0 Å². The number of alkyl halides is 2. The summed E-state index contributed by atoms with van der Waals surface area (Å²) in [6.07, 6.45) is 0.467. The molecular formula is C11H12BrClO. The number of hydrogen-bond acceptors (Lipinski definition) is 1. The van der Waals surface area contributed by atoms with Gasteiger partial charge in [-0.3, -0.25) is 4.79 Å². The summed E-state index contributed by atoms with van der Waals surface area (Å²) in [6.45, 7) is 2.01. The van der Waals surface area contributed by atoms with Crippen LogP contribution in [0.15, 0.2) is 18.2 Å². The zero-order chi connectivity index (χ0) is 10.6. The number of aryl methyl sites for hydroxylation is 1. The maximum atomic E-state index is 11.3. The van der Waals surface area contributed by atoms with Gasteiger partial charge in [-0.15, -0.1) is 11.6 Å². The predicted molar refractivity (Wildman–Crippen MR) is 63.2 cm³/mol. The number of rotatable bonds is 4. The summed E-state index contributed by atoms with van der Waals surface area (Å²) in [5, 5.41) is 0.405. The molecular weight excluding hydrogens is 263 g/mol. The van der Waals surface area contributed by atoms with Crippen molar-refractivity contribution in [1.82, 2.24) is 0 Å². The normalized spacial score (nSPS) is 10.2. The zero-order valence-corrected chi connectivity index (χ0v) is 10.4. The van der Waals surface area contributed by atoms with Gasteiger partial charge >= 0.3 is 0 Å². The van der Waals surface area contributed by atoms with Crippen LogP contribution >= 0.6 is 27.5 Å². The molecule has 76 valence electrons. The number of ketones is 1. The average Bonchev–Trinajstić information content (AvgIpc) is 2.18. The lowest BCUT2D eigenvalue weighted by Crippen LogP contribution is -2.05. The Morgan fingerprint density at radius 2 is 2.14 bits per heavy atom. The van der Waals surface area contributed by atoms with Crippen molar-refractivity contribution in [3.05, 3.63) is 34.9 Å². The van der Waals surface area contributed by atoms with Crippen LogP contribution in [0.1, 0.15) is 16.7 Å². The average molecular weight is 276 g/mol. The van der Waals surface area contributed by atoms with Crippen molar-refractivity contribution in [2.45, 2.75) is 19.2 Å². The van der Waals surface area contributed by atoms with Gasteiger partial charge in [-0.2, -0.15) is 0 Å². The first-order valence-corrected chi connectivity index (χ1v) is 6.05. The molecule has 3 heteroatoms. The van der Waals surface area contributed by atoms with Gasteiger partial charge in [0.15, 0.2) is 0 Å². The molecule has 0 saturated heterocycles. The number of carbonyl (C=O) groups is 1. The molecule has 1 aromatic carbocycles. The highest BCUT2D eigenvalue weighted by atomic mass is 79.9. The molecule has 0 atom stereocenters. The minimum atomic E-state index is 0.182.